The van der Waals surface area contributed by atoms with Crippen LogP contribution in [-0.2, 0) is 11.3 Å². The normalized spacial score (nSPS) is 15.2. The summed E-state index contributed by atoms with van der Waals surface area (Å²) in [5.41, 5.74) is 3.34. The summed E-state index contributed by atoms with van der Waals surface area (Å²) in [5.74, 6) is 1.45. The minimum absolute atomic E-state index is 0.0314. The molecule has 0 saturated carbocycles. The molecule has 8 heteroatoms. The summed E-state index contributed by atoms with van der Waals surface area (Å²) in [4.78, 5) is 22.3. The number of methoxy groups -OCH3 is 2. The van der Waals surface area contributed by atoms with E-state index < -0.39 is 5.97 Å². The second kappa shape index (κ2) is 10.4. The summed E-state index contributed by atoms with van der Waals surface area (Å²) in [6.07, 6.45) is 5.98. The summed E-state index contributed by atoms with van der Waals surface area (Å²) in [6.45, 7) is 2.90. The lowest BCUT2D eigenvalue weighted by molar-refractivity contribution is 0.0497. The molecule has 0 saturated heterocycles. The summed E-state index contributed by atoms with van der Waals surface area (Å²) in [6, 6.07) is 9.38. The molecule has 4 rings (SSSR count). The zero-order valence-corrected chi connectivity index (χ0v) is 19.3. The first-order valence-corrected chi connectivity index (χ1v) is 11.3. The number of esters is 1. The second-order valence-corrected chi connectivity index (χ2v) is 8.05. The van der Waals surface area contributed by atoms with Crippen LogP contribution in [0.15, 0.2) is 36.5 Å². The van der Waals surface area contributed by atoms with Gasteiger partial charge in [0.1, 0.15) is 35.0 Å². The molecule has 8 nitrogen and oxygen atoms in total. The van der Waals surface area contributed by atoms with Gasteiger partial charge in [0.15, 0.2) is 0 Å². The highest BCUT2D eigenvalue weighted by atomic mass is 16.5. The van der Waals surface area contributed by atoms with Crippen LogP contribution in [0.1, 0.15) is 48.5 Å². The standard InChI is InChI=1S/C25H30N4O4/c1-4-5-6-8-17-15-33-25(30)21-23(28-17)22-19(9-7-12-26-22)29-24(21)27-14-16-10-11-18(31-2)13-20(16)32-3/h7,9-13,17,28H,4-6,8,14-15H2,1-3H3,(H,27,29). The van der Waals surface area contributed by atoms with E-state index in [2.05, 4.69) is 22.5 Å². The Morgan fingerprint density at radius 2 is 2.09 bits per heavy atom. The van der Waals surface area contributed by atoms with E-state index in [1.54, 1.807) is 20.4 Å². The quantitative estimate of drug-likeness (QED) is 0.355. The van der Waals surface area contributed by atoms with Gasteiger partial charge in [-0.05, 0) is 30.7 Å². The van der Waals surface area contributed by atoms with Crippen molar-refractivity contribution >= 4 is 28.5 Å². The Labute approximate surface area is 193 Å². The number of anilines is 2. The van der Waals surface area contributed by atoms with Gasteiger partial charge in [-0.2, -0.15) is 0 Å². The van der Waals surface area contributed by atoms with E-state index in [-0.39, 0.29) is 6.04 Å². The Kier molecular flexibility index (Phi) is 7.12. The van der Waals surface area contributed by atoms with Gasteiger partial charge in [-0.3, -0.25) is 4.98 Å². The lowest BCUT2D eigenvalue weighted by Crippen LogP contribution is -2.24. The largest absolute Gasteiger partial charge is 0.497 e. The molecule has 0 amide bonds. The minimum Gasteiger partial charge on any atom is -0.497 e. The summed E-state index contributed by atoms with van der Waals surface area (Å²) >= 11 is 0. The number of carbonyl (C=O) groups excluding carboxylic acids is 1. The highest BCUT2D eigenvalue weighted by Crippen LogP contribution is 2.34. The van der Waals surface area contributed by atoms with Crippen LogP contribution < -0.4 is 20.1 Å². The molecule has 0 aliphatic carbocycles. The van der Waals surface area contributed by atoms with E-state index in [0.29, 0.717) is 52.8 Å². The van der Waals surface area contributed by atoms with Crippen molar-refractivity contribution < 1.29 is 19.0 Å². The SMILES string of the molecule is CCCCCC1COC(=O)c2c(NCc3ccc(OC)cc3OC)nc3cccnc3c2N1. The first-order chi connectivity index (χ1) is 16.1. The predicted molar refractivity (Wildman–Crippen MR) is 128 cm³/mol. The molecule has 174 valence electrons. The Bertz CT molecular complexity index is 1130. The van der Waals surface area contributed by atoms with Crippen LogP contribution >= 0.6 is 0 Å². The molecule has 3 heterocycles. The molecule has 1 unspecified atom stereocenters. The fourth-order valence-electron chi connectivity index (χ4n) is 4.03. The van der Waals surface area contributed by atoms with E-state index in [0.717, 1.165) is 31.2 Å². The van der Waals surface area contributed by atoms with Gasteiger partial charge in [0.25, 0.3) is 0 Å². The lowest BCUT2D eigenvalue weighted by atomic mass is 10.1. The van der Waals surface area contributed by atoms with Gasteiger partial charge in [0.2, 0.25) is 0 Å². The van der Waals surface area contributed by atoms with Gasteiger partial charge in [0, 0.05) is 24.4 Å². The maximum Gasteiger partial charge on any atom is 0.344 e. The molecule has 0 radical (unpaired) electrons. The molecule has 0 bridgehead atoms. The molecule has 1 aliphatic heterocycles. The van der Waals surface area contributed by atoms with Gasteiger partial charge in [0.05, 0.1) is 31.5 Å². The van der Waals surface area contributed by atoms with E-state index >= 15 is 0 Å². The zero-order chi connectivity index (χ0) is 23.2. The van der Waals surface area contributed by atoms with Crippen LogP contribution in [0.5, 0.6) is 11.5 Å². The van der Waals surface area contributed by atoms with Crippen LogP contribution in [0.25, 0.3) is 11.0 Å². The van der Waals surface area contributed by atoms with E-state index in [1.807, 2.05) is 30.3 Å². The molecule has 2 aromatic heterocycles. The predicted octanol–water partition coefficient (Wildman–Crippen LogP) is 4.79. The van der Waals surface area contributed by atoms with Crippen molar-refractivity contribution in [2.45, 2.75) is 45.2 Å². The van der Waals surface area contributed by atoms with Crippen molar-refractivity contribution in [3.05, 3.63) is 47.7 Å². The maximum atomic E-state index is 13.1. The number of unbranched alkanes of at least 4 members (excludes halogenated alkanes) is 2. The van der Waals surface area contributed by atoms with Crippen molar-refractivity contribution in [2.24, 2.45) is 0 Å². The number of hydrogen-bond donors (Lipinski definition) is 2. The topological polar surface area (TPSA) is 94.6 Å². The highest BCUT2D eigenvalue weighted by molar-refractivity contribution is 6.08. The van der Waals surface area contributed by atoms with Crippen LogP contribution in [0.3, 0.4) is 0 Å². The third-order valence-electron chi connectivity index (χ3n) is 5.81. The molecule has 0 spiro atoms. The van der Waals surface area contributed by atoms with Gasteiger partial charge in [-0.1, -0.05) is 26.2 Å². The van der Waals surface area contributed by atoms with Crippen LogP contribution in [0.4, 0.5) is 11.5 Å². The van der Waals surface area contributed by atoms with E-state index in [9.17, 15) is 4.79 Å². The second-order valence-electron chi connectivity index (χ2n) is 8.05. The van der Waals surface area contributed by atoms with Crippen LogP contribution in [-0.4, -0.2) is 42.8 Å². The first-order valence-electron chi connectivity index (χ1n) is 11.3. The third-order valence-corrected chi connectivity index (χ3v) is 5.81. The molecule has 2 N–H and O–H groups in total. The van der Waals surface area contributed by atoms with Gasteiger partial charge in [-0.15, -0.1) is 0 Å². The summed E-state index contributed by atoms with van der Waals surface area (Å²) < 4.78 is 16.4. The molecular formula is C25H30N4O4. The van der Waals surface area contributed by atoms with Crippen LogP contribution in [0.2, 0.25) is 0 Å². The number of hydrogen-bond acceptors (Lipinski definition) is 8. The number of cyclic esters (lactones) is 1. The average molecular weight is 451 g/mol. The number of pyridine rings is 2. The first kappa shape index (κ1) is 22.6. The number of benzene rings is 1. The Morgan fingerprint density at radius 3 is 2.88 bits per heavy atom. The Morgan fingerprint density at radius 1 is 1.21 bits per heavy atom. The lowest BCUT2D eigenvalue weighted by Gasteiger charge is -2.18. The number of nitrogens with zero attached hydrogens (tertiary/aromatic N) is 2. The molecule has 1 aromatic carbocycles. The number of rotatable bonds is 9. The summed E-state index contributed by atoms with van der Waals surface area (Å²) in [5, 5.41) is 6.86. The van der Waals surface area contributed by atoms with Crippen LogP contribution in [0, 0.1) is 0 Å². The zero-order valence-electron chi connectivity index (χ0n) is 19.3. The number of carbonyl (C=O) groups is 1. The van der Waals surface area contributed by atoms with E-state index in [4.69, 9.17) is 19.2 Å². The van der Waals surface area contributed by atoms with Crippen molar-refractivity contribution in [2.75, 3.05) is 31.5 Å². The number of aromatic nitrogens is 2. The summed E-state index contributed by atoms with van der Waals surface area (Å²) in [7, 11) is 3.23. The number of nitrogens with one attached hydrogen (secondary N) is 2. The average Bonchev–Trinajstić information content (AvgIpc) is 3.01. The number of fused-ring (bicyclic) bond motifs is 3. The molecule has 1 aliphatic rings. The Hall–Kier alpha value is -3.55. The highest BCUT2D eigenvalue weighted by Gasteiger charge is 2.29. The molecule has 33 heavy (non-hydrogen) atoms. The van der Waals surface area contributed by atoms with Crippen molar-refractivity contribution in [1.82, 2.24) is 9.97 Å². The smallest absolute Gasteiger partial charge is 0.344 e. The van der Waals surface area contributed by atoms with Gasteiger partial charge >= 0.3 is 5.97 Å². The van der Waals surface area contributed by atoms with Crippen molar-refractivity contribution in [3.63, 3.8) is 0 Å². The van der Waals surface area contributed by atoms with Crippen molar-refractivity contribution in [3.8, 4) is 11.5 Å². The fourth-order valence-corrected chi connectivity index (χ4v) is 4.03. The Balaban J connectivity index is 1.69. The van der Waals surface area contributed by atoms with Crippen molar-refractivity contribution in [1.29, 1.82) is 0 Å². The monoisotopic (exact) mass is 450 g/mol. The molecule has 0 fully saturated rings. The van der Waals surface area contributed by atoms with Gasteiger partial charge < -0.3 is 24.8 Å². The fraction of sp³-hybridized carbons (Fsp3) is 0.400. The molecule has 1 atom stereocenters. The maximum absolute atomic E-state index is 13.1. The van der Waals surface area contributed by atoms with Gasteiger partial charge in [-0.25, -0.2) is 9.78 Å². The third kappa shape index (κ3) is 4.94. The molecule has 3 aromatic rings. The van der Waals surface area contributed by atoms with E-state index in [1.165, 1.54) is 0 Å². The number of ether oxygens (including phenoxy) is 3. The minimum atomic E-state index is -0.403. The molecular weight excluding hydrogens is 420 g/mol.